The molecule has 2 N–H and O–H groups in total. The molecular weight excluding hydrogens is 362 g/mol. The predicted molar refractivity (Wildman–Crippen MR) is 114 cm³/mol. The third-order valence-electron chi connectivity index (χ3n) is 4.38. The molecule has 4 rings (SSSR count). The summed E-state index contributed by atoms with van der Waals surface area (Å²) in [5, 5.41) is 6.16. The lowest BCUT2D eigenvalue weighted by Crippen LogP contribution is -2.11. The van der Waals surface area contributed by atoms with E-state index in [0.717, 1.165) is 28.2 Å². The van der Waals surface area contributed by atoms with Gasteiger partial charge in [0.2, 0.25) is 5.95 Å². The number of benzene rings is 2. The summed E-state index contributed by atoms with van der Waals surface area (Å²) >= 11 is 0. The molecule has 2 heterocycles. The molecule has 0 aliphatic carbocycles. The molecule has 142 valence electrons. The summed E-state index contributed by atoms with van der Waals surface area (Å²) in [6, 6.07) is 20.5. The van der Waals surface area contributed by atoms with Crippen LogP contribution < -0.4 is 10.6 Å². The van der Waals surface area contributed by atoms with E-state index in [1.165, 1.54) is 0 Å². The number of nitrogens with zero attached hydrogens (tertiary/aromatic N) is 3. The number of pyridine rings is 1. The van der Waals surface area contributed by atoms with Gasteiger partial charge in [0.25, 0.3) is 5.91 Å². The highest BCUT2D eigenvalue weighted by Crippen LogP contribution is 2.24. The lowest BCUT2D eigenvalue weighted by atomic mass is 10.1. The van der Waals surface area contributed by atoms with Gasteiger partial charge in [0.1, 0.15) is 0 Å². The highest BCUT2D eigenvalue weighted by Gasteiger charge is 2.08. The number of anilines is 3. The van der Waals surface area contributed by atoms with Crippen LogP contribution in [0.1, 0.15) is 15.9 Å². The Kier molecular flexibility index (Phi) is 5.25. The third-order valence-corrected chi connectivity index (χ3v) is 4.38. The summed E-state index contributed by atoms with van der Waals surface area (Å²) in [6.07, 6.45) is 5.20. The fourth-order valence-corrected chi connectivity index (χ4v) is 2.89. The average Bonchev–Trinajstić information content (AvgIpc) is 2.77. The molecule has 2 aromatic carbocycles. The van der Waals surface area contributed by atoms with Crippen LogP contribution in [0.2, 0.25) is 0 Å². The minimum absolute atomic E-state index is 0.141. The molecule has 0 spiro atoms. The summed E-state index contributed by atoms with van der Waals surface area (Å²) in [7, 11) is 0. The first-order chi connectivity index (χ1) is 14.2. The standard InChI is InChI=1S/C23H19N5O/c1-16-14-19(26-22(29)17-6-3-2-4-7-17)9-10-20(16)27-23-25-13-11-21(28-23)18-8-5-12-24-15-18/h2-15H,1H3,(H,26,29)(H,25,27,28). The van der Waals surface area contributed by atoms with Crippen LogP contribution in [0.5, 0.6) is 0 Å². The Morgan fingerprint density at radius 2 is 1.79 bits per heavy atom. The molecule has 0 aliphatic heterocycles. The Balaban J connectivity index is 1.50. The number of amides is 1. The number of nitrogens with one attached hydrogen (secondary N) is 2. The Morgan fingerprint density at radius 1 is 0.931 bits per heavy atom. The van der Waals surface area contributed by atoms with Crippen LogP contribution in [-0.2, 0) is 0 Å². The molecule has 0 radical (unpaired) electrons. The molecule has 29 heavy (non-hydrogen) atoms. The summed E-state index contributed by atoms with van der Waals surface area (Å²) < 4.78 is 0. The average molecular weight is 381 g/mol. The highest BCUT2D eigenvalue weighted by molar-refractivity contribution is 6.04. The fraction of sp³-hybridized carbons (Fsp3) is 0.0435. The molecule has 2 aromatic heterocycles. The van der Waals surface area contributed by atoms with Crippen LogP contribution in [0.25, 0.3) is 11.3 Å². The zero-order valence-electron chi connectivity index (χ0n) is 15.8. The molecule has 1 amide bonds. The van der Waals surface area contributed by atoms with E-state index >= 15 is 0 Å². The van der Waals surface area contributed by atoms with E-state index in [9.17, 15) is 4.79 Å². The second kappa shape index (κ2) is 8.31. The quantitative estimate of drug-likeness (QED) is 0.517. The van der Waals surface area contributed by atoms with Gasteiger partial charge in [-0.2, -0.15) is 0 Å². The molecule has 6 heteroatoms. The first kappa shape index (κ1) is 18.3. The van der Waals surface area contributed by atoms with Crippen molar-refractivity contribution in [3.63, 3.8) is 0 Å². The van der Waals surface area contributed by atoms with E-state index in [2.05, 4.69) is 25.6 Å². The van der Waals surface area contributed by atoms with E-state index < -0.39 is 0 Å². The van der Waals surface area contributed by atoms with Crippen molar-refractivity contribution in [3.05, 3.63) is 96.4 Å². The largest absolute Gasteiger partial charge is 0.324 e. The number of hydrogen-bond donors (Lipinski definition) is 2. The van der Waals surface area contributed by atoms with Gasteiger partial charge in [0.05, 0.1) is 5.69 Å². The maximum absolute atomic E-state index is 12.3. The first-order valence-corrected chi connectivity index (χ1v) is 9.16. The molecule has 0 atom stereocenters. The van der Waals surface area contributed by atoms with E-state index in [1.54, 1.807) is 30.7 Å². The fourth-order valence-electron chi connectivity index (χ4n) is 2.89. The second-order valence-electron chi connectivity index (χ2n) is 6.48. The molecule has 0 saturated carbocycles. The summed E-state index contributed by atoms with van der Waals surface area (Å²) in [4.78, 5) is 25.3. The van der Waals surface area contributed by atoms with Crippen LogP contribution >= 0.6 is 0 Å². The molecule has 0 fully saturated rings. The van der Waals surface area contributed by atoms with Crippen molar-refractivity contribution in [2.24, 2.45) is 0 Å². The van der Waals surface area contributed by atoms with Crippen LogP contribution in [0.4, 0.5) is 17.3 Å². The Bertz CT molecular complexity index is 1130. The smallest absolute Gasteiger partial charge is 0.255 e. The Labute approximate surface area is 168 Å². The minimum Gasteiger partial charge on any atom is -0.324 e. The zero-order chi connectivity index (χ0) is 20.1. The van der Waals surface area contributed by atoms with Crippen molar-refractivity contribution in [2.45, 2.75) is 6.92 Å². The number of rotatable bonds is 5. The Hall–Kier alpha value is -4.06. The lowest BCUT2D eigenvalue weighted by molar-refractivity contribution is 0.102. The van der Waals surface area contributed by atoms with Gasteiger partial charge >= 0.3 is 0 Å². The van der Waals surface area contributed by atoms with E-state index in [0.29, 0.717) is 11.5 Å². The molecule has 0 unspecified atom stereocenters. The Morgan fingerprint density at radius 3 is 2.55 bits per heavy atom. The van der Waals surface area contributed by atoms with Crippen LogP contribution in [0.3, 0.4) is 0 Å². The van der Waals surface area contributed by atoms with Gasteiger partial charge in [-0.1, -0.05) is 18.2 Å². The minimum atomic E-state index is -0.141. The monoisotopic (exact) mass is 381 g/mol. The second-order valence-corrected chi connectivity index (χ2v) is 6.48. The number of carbonyl (C=O) groups excluding carboxylic acids is 1. The van der Waals surface area contributed by atoms with Crippen molar-refractivity contribution in [1.82, 2.24) is 15.0 Å². The molecule has 6 nitrogen and oxygen atoms in total. The zero-order valence-corrected chi connectivity index (χ0v) is 15.8. The van der Waals surface area contributed by atoms with Crippen LogP contribution in [-0.4, -0.2) is 20.9 Å². The van der Waals surface area contributed by atoms with Gasteiger partial charge in [-0.25, -0.2) is 9.97 Å². The maximum atomic E-state index is 12.3. The molecule has 4 aromatic rings. The molecule has 0 saturated heterocycles. The lowest BCUT2D eigenvalue weighted by Gasteiger charge is -2.12. The van der Waals surface area contributed by atoms with Crippen LogP contribution in [0, 0.1) is 6.92 Å². The summed E-state index contributed by atoms with van der Waals surface area (Å²) in [6.45, 7) is 1.96. The van der Waals surface area contributed by atoms with Gasteiger partial charge in [-0.05, 0) is 61.0 Å². The molecule has 0 aliphatic rings. The predicted octanol–water partition coefficient (Wildman–Crippen LogP) is 4.84. The third kappa shape index (κ3) is 4.44. The number of aromatic nitrogens is 3. The van der Waals surface area contributed by atoms with Crippen molar-refractivity contribution in [2.75, 3.05) is 10.6 Å². The van der Waals surface area contributed by atoms with Gasteiger partial charge < -0.3 is 10.6 Å². The van der Waals surface area contributed by atoms with Gasteiger partial charge in [-0.15, -0.1) is 0 Å². The van der Waals surface area contributed by atoms with Crippen molar-refractivity contribution >= 4 is 23.2 Å². The highest BCUT2D eigenvalue weighted by atomic mass is 16.1. The first-order valence-electron chi connectivity index (χ1n) is 9.16. The molecular formula is C23H19N5O. The van der Waals surface area contributed by atoms with E-state index in [-0.39, 0.29) is 5.91 Å². The van der Waals surface area contributed by atoms with Gasteiger partial charge in [0, 0.05) is 41.1 Å². The normalized spacial score (nSPS) is 10.4. The van der Waals surface area contributed by atoms with E-state index in [4.69, 9.17) is 0 Å². The molecule has 0 bridgehead atoms. The summed E-state index contributed by atoms with van der Waals surface area (Å²) in [5.41, 5.74) is 4.89. The maximum Gasteiger partial charge on any atom is 0.255 e. The number of hydrogen-bond acceptors (Lipinski definition) is 5. The van der Waals surface area contributed by atoms with Crippen molar-refractivity contribution in [1.29, 1.82) is 0 Å². The SMILES string of the molecule is Cc1cc(NC(=O)c2ccccc2)ccc1Nc1nccc(-c2cccnc2)n1. The van der Waals surface area contributed by atoms with Crippen LogP contribution in [0.15, 0.2) is 85.3 Å². The number of carbonyl (C=O) groups is 1. The van der Waals surface area contributed by atoms with Crippen molar-refractivity contribution < 1.29 is 4.79 Å². The van der Waals surface area contributed by atoms with Gasteiger partial charge in [-0.3, -0.25) is 9.78 Å². The van der Waals surface area contributed by atoms with Crippen molar-refractivity contribution in [3.8, 4) is 11.3 Å². The topological polar surface area (TPSA) is 79.8 Å². The number of aryl methyl sites for hydroxylation is 1. The van der Waals surface area contributed by atoms with E-state index in [1.807, 2.05) is 61.5 Å². The van der Waals surface area contributed by atoms with Gasteiger partial charge in [0.15, 0.2) is 0 Å². The summed E-state index contributed by atoms with van der Waals surface area (Å²) in [5.74, 6) is 0.355.